The van der Waals surface area contributed by atoms with E-state index < -0.39 is 6.55 Å². The highest BCUT2D eigenvalue weighted by Crippen LogP contribution is 2.11. The maximum atomic E-state index is 12.1. The fourth-order valence-electron chi connectivity index (χ4n) is 0.817. The van der Waals surface area contributed by atoms with Crippen molar-refractivity contribution in [3.05, 3.63) is 18.2 Å². The number of imidazole rings is 1. The molecule has 0 aliphatic rings. The quantitative estimate of drug-likeness (QED) is 0.716. The predicted molar refractivity (Wildman–Crippen MR) is 36.2 cm³/mol. The molecule has 1 aromatic heterocycles. The van der Waals surface area contributed by atoms with Crippen LogP contribution in [0.1, 0.15) is 12.4 Å². The van der Waals surface area contributed by atoms with Crippen molar-refractivity contribution in [1.82, 2.24) is 14.9 Å². The van der Waals surface area contributed by atoms with Gasteiger partial charge in [-0.25, -0.2) is 4.98 Å². The molecule has 0 aliphatic carbocycles. The first-order valence-corrected chi connectivity index (χ1v) is 3.20. The molecule has 0 bridgehead atoms. The molecule has 1 aromatic rings. The molecule has 0 aliphatic heterocycles. The van der Waals surface area contributed by atoms with Crippen LogP contribution < -0.4 is 5.32 Å². The van der Waals surface area contributed by atoms with Crippen LogP contribution in [0.15, 0.2) is 12.4 Å². The molecule has 11 heavy (non-hydrogen) atoms. The lowest BCUT2D eigenvalue weighted by atomic mass is 10.6. The molecule has 3 nitrogen and oxygen atoms in total. The molecule has 5 heteroatoms. The third-order valence-corrected chi connectivity index (χ3v) is 1.29. The van der Waals surface area contributed by atoms with Gasteiger partial charge in [-0.3, -0.25) is 4.57 Å². The van der Waals surface area contributed by atoms with Crippen LogP contribution in [-0.4, -0.2) is 16.6 Å². The molecule has 0 amide bonds. The lowest BCUT2D eigenvalue weighted by molar-refractivity contribution is 0.0667. The first kappa shape index (κ1) is 8.13. The molecule has 0 fully saturated rings. The fourth-order valence-corrected chi connectivity index (χ4v) is 0.817. The Balaban J connectivity index is 2.78. The van der Waals surface area contributed by atoms with E-state index in [1.807, 2.05) is 0 Å². The molecular formula is C6H9F2N3. The van der Waals surface area contributed by atoms with Gasteiger partial charge < -0.3 is 5.32 Å². The molecule has 62 valence electrons. The van der Waals surface area contributed by atoms with Gasteiger partial charge in [0.25, 0.3) is 0 Å². The van der Waals surface area contributed by atoms with Crippen LogP contribution in [0.3, 0.4) is 0 Å². The van der Waals surface area contributed by atoms with Crippen LogP contribution in [0.2, 0.25) is 0 Å². The Morgan fingerprint density at radius 1 is 1.73 bits per heavy atom. The van der Waals surface area contributed by atoms with Gasteiger partial charge in [0.15, 0.2) is 0 Å². The third-order valence-electron chi connectivity index (χ3n) is 1.29. The van der Waals surface area contributed by atoms with Crippen molar-refractivity contribution in [3.63, 3.8) is 0 Å². The second-order valence-corrected chi connectivity index (χ2v) is 2.06. The maximum Gasteiger partial charge on any atom is 0.319 e. The monoisotopic (exact) mass is 161 g/mol. The van der Waals surface area contributed by atoms with E-state index >= 15 is 0 Å². The maximum absolute atomic E-state index is 12.1. The van der Waals surface area contributed by atoms with E-state index in [2.05, 4.69) is 10.3 Å². The second kappa shape index (κ2) is 3.43. The summed E-state index contributed by atoms with van der Waals surface area (Å²) in [5.41, 5.74) is 0. The minimum atomic E-state index is -2.50. The van der Waals surface area contributed by atoms with E-state index in [-0.39, 0.29) is 0 Å². The lowest BCUT2D eigenvalue weighted by Gasteiger charge is -2.04. The molecule has 1 heterocycles. The highest BCUT2D eigenvalue weighted by molar-refractivity contribution is 4.91. The van der Waals surface area contributed by atoms with E-state index in [4.69, 9.17) is 0 Å². The first-order valence-electron chi connectivity index (χ1n) is 3.20. The van der Waals surface area contributed by atoms with Crippen molar-refractivity contribution in [2.24, 2.45) is 0 Å². The summed E-state index contributed by atoms with van der Waals surface area (Å²) in [4.78, 5) is 3.75. The van der Waals surface area contributed by atoms with Crippen LogP contribution >= 0.6 is 0 Å². The summed E-state index contributed by atoms with van der Waals surface area (Å²) in [7, 11) is 1.69. The number of nitrogens with one attached hydrogen (secondary N) is 1. The average molecular weight is 161 g/mol. The summed E-state index contributed by atoms with van der Waals surface area (Å²) in [5, 5.41) is 2.75. The van der Waals surface area contributed by atoms with Gasteiger partial charge in [-0.1, -0.05) is 0 Å². The number of rotatable bonds is 3. The molecule has 0 aromatic carbocycles. The number of aromatic nitrogens is 2. The van der Waals surface area contributed by atoms with E-state index in [9.17, 15) is 8.78 Å². The average Bonchev–Trinajstić information content (AvgIpc) is 2.36. The van der Waals surface area contributed by atoms with Gasteiger partial charge in [0.05, 0.1) is 6.54 Å². The first-order chi connectivity index (χ1) is 5.25. The molecule has 0 atom stereocenters. The van der Waals surface area contributed by atoms with Crippen molar-refractivity contribution >= 4 is 0 Å². The van der Waals surface area contributed by atoms with Crippen LogP contribution in [0, 0.1) is 0 Å². The zero-order chi connectivity index (χ0) is 8.27. The second-order valence-electron chi connectivity index (χ2n) is 2.06. The van der Waals surface area contributed by atoms with E-state index in [0.29, 0.717) is 12.4 Å². The number of halogens is 2. The Kier molecular flexibility index (Phi) is 2.53. The minimum Gasteiger partial charge on any atom is -0.313 e. The molecule has 0 saturated heterocycles. The molecule has 0 unspecified atom stereocenters. The summed E-state index contributed by atoms with van der Waals surface area (Å²) in [5.74, 6) is 0.350. The van der Waals surface area contributed by atoms with Crippen molar-refractivity contribution < 1.29 is 8.78 Å². The Morgan fingerprint density at radius 2 is 2.45 bits per heavy atom. The highest BCUT2D eigenvalue weighted by Gasteiger charge is 2.09. The van der Waals surface area contributed by atoms with Gasteiger partial charge >= 0.3 is 6.55 Å². The number of hydrogen-bond donors (Lipinski definition) is 1. The lowest BCUT2D eigenvalue weighted by Crippen LogP contribution is -2.12. The SMILES string of the molecule is CNCc1nccn1C(F)F. The Hall–Kier alpha value is -0.970. The van der Waals surface area contributed by atoms with Crippen molar-refractivity contribution in [2.75, 3.05) is 7.05 Å². The van der Waals surface area contributed by atoms with Gasteiger partial charge in [0.1, 0.15) is 5.82 Å². The Morgan fingerprint density at radius 3 is 3.00 bits per heavy atom. The van der Waals surface area contributed by atoms with Crippen LogP contribution in [-0.2, 0) is 6.54 Å². The van der Waals surface area contributed by atoms with Crippen LogP contribution in [0.5, 0.6) is 0 Å². The molecule has 0 saturated carbocycles. The topological polar surface area (TPSA) is 29.9 Å². The van der Waals surface area contributed by atoms with Gasteiger partial charge in [0.2, 0.25) is 0 Å². The summed E-state index contributed by atoms with van der Waals surface area (Å²) in [6.45, 7) is -2.14. The van der Waals surface area contributed by atoms with Gasteiger partial charge in [-0.05, 0) is 7.05 Å². The van der Waals surface area contributed by atoms with Crippen LogP contribution in [0.4, 0.5) is 8.78 Å². The highest BCUT2D eigenvalue weighted by atomic mass is 19.3. The molecule has 0 radical (unpaired) electrons. The molecule has 1 N–H and O–H groups in total. The Labute approximate surface area is 63.0 Å². The predicted octanol–water partition coefficient (Wildman–Crippen LogP) is 0.998. The standard InChI is InChI=1S/C6H9F2N3/c1-9-4-5-10-2-3-11(5)6(7)8/h2-3,6,9H,4H2,1H3. The molecule has 1 rings (SSSR count). The summed E-state index contributed by atoms with van der Waals surface area (Å²) < 4.78 is 25.0. The largest absolute Gasteiger partial charge is 0.319 e. The van der Waals surface area contributed by atoms with Crippen molar-refractivity contribution in [3.8, 4) is 0 Å². The number of alkyl halides is 2. The molecule has 0 spiro atoms. The summed E-state index contributed by atoms with van der Waals surface area (Å²) >= 11 is 0. The van der Waals surface area contributed by atoms with E-state index in [0.717, 1.165) is 4.57 Å². The summed E-state index contributed by atoms with van der Waals surface area (Å²) in [6.07, 6.45) is 2.62. The zero-order valence-electron chi connectivity index (χ0n) is 6.09. The molecular weight excluding hydrogens is 152 g/mol. The Bertz CT molecular complexity index is 221. The van der Waals surface area contributed by atoms with Crippen LogP contribution in [0.25, 0.3) is 0 Å². The summed E-state index contributed by atoms with van der Waals surface area (Å²) in [6, 6.07) is 0. The van der Waals surface area contributed by atoms with E-state index in [1.54, 1.807) is 7.05 Å². The van der Waals surface area contributed by atoms with Gasteiger partial charge in [-0.15, -0.1) is 0 Å². The number of hydrogen-bond acceptors (Lipinski definition) is 2. The smallest absolute Gasteiger partial charge is 0.313 e. The number of nitrogens with zero attached hydrogens (tertiary/aromatic N) is 2. The minimum absolute atomic E-state index is 0.350. The zero-order valence-corrected chi connectivity index (χ0v) is 6.09. The normalized spacial score (nSPS) is 10.9. The van der Waals surface area contributed by atoms with Crippen molar-refractivity contribution in [2.45, 2.75) is 13.1 Å². The van der Waals surface area contributed by atoms with E-state index in [1.165, 1.54) is 12.4 Å². The third kappa shape index (κ3) is 1.74. The van der Waals surface area contributed by atoms with Gasteiger partial charge in [-0.2, -0.15) is 8.78 Å². The van der Waals surface area contributed by atoms with Gasteiger partial charge in [0, 0.05) is 12.4 Å². The fraction of sp³-hybridized carbons (Fsp3) is 0.500. The van der Waals surface area contributed by atoms with Crippen molar-refractivity contribution in [1.29, 1.82) is 0 Å².